The quantitative estimate of drug-likeness (QED) is 0.712. The third kappa shape index (κ3) is 4.20. The van der Waals surface area contributed by atoms with E-state index in [0.29, 0.717) is 0 Å². The van der Waals surface area contributed by atoms with Crippen molar-refractivity contribution < 1.29 is 13.6 Å². The van der Waals surface area contributed by atoms with Crippen molar-refractivity contribution >= 4 is 5.91 Å². The van der Waals surface area contributed by atoms with E-state index in [0.717, 1.165) is 12.8 Å². The van der Waals surface area contributed by atoms with E-state index in [1.165, 1.54) is 0 Å². The number of carbonyl (C=O) groups excluding carboxylic acids is 1. The van der Waals surface area contributed by atoms with E-state index in [1.54, 1.807) is 6.92 Å². The molecule has 0 aromatic rings. The lowest BCUT2D eigenvalue weighted by atomic mass is 9.95. The predicted molar refractivity (Wildman–Crippen MR) is 47.7 cm³/mol. The van der Waals surface area contributed by atoms with Crippen molar-refractivity contribution in [3.8, 4) is 0 Å². The molecule has 0 aromatic carbocycles. The van der Waals surface area contributed by atoms with Crippen LogP contribution in [0.25, 0.3) is 0 Å². The summed E-state index contributed by atoms with van der Waals surface area (Å²) in [5.74, 6) is -0.887. The molecule has 4 heteroatoms. The fourth-order valence-corrected chi connectivity index (χ4v) is 1.40. The Morgan fingerprint density at radius 3 is 2.08 bits per heavy atom. The van der Waals surface area contributed by atoms with Gasteiger partial charge in [-0.1, -0.05) is 26.7 Å². The second-order valence-electron chi connectivity index (χ2n) is 3.17. The summed E-state index contributed by atoms with van der Waals surface area (Å²) < 4.78 is 23.7. The Morgan fingerprint density at radius 2 is 1.77 bits per heavy atom. The number of nitrogens with one attached hydrogen (secondary N) is 1. The minimum atomic E-state index is -2.91. The normalized spacial score (nSPS) is 13.5. The molecule has 2 nitrogen and oxygen atoms in total. The van der Waals surface area contributed by atoms with Crippen molar-refractivity contribution in [3.63, 3.8) is 0 Å². The van der Waals surface area contributed by atoms with Gasteiger partial charge in [-0.05, 0) is 12.8 Å². The number of hydrogen-bond donors (Lipinski definition) is 1. The standard InChI is InChI=1S/C9H17F2NO/c1-4-7(5-2)6(3)12-9(13)8(10)11/h6-8H,4-5H2,1-3H3,(H,12,13). The summed E-state index contributed by atoms with van der Waals surface area (Å²) in [5.41, 5.74) is 0. The van der Waals surface area contributed by atoms with E-state index < -0.39 is 12.3 Å². The molecule has 1 atom stereocenters. The summed E-state index contributed by atoms with van der Waals surface area (Å²) in [6.07, 6.45) is -1.13. The molecule has 0 radical (unpaired) electrons. The van der Waals surface area contributed by atoms with E-state index in [2.05, 4.69) is 5.32 Å². The molecular formula is C9H17F2NO. The fourth-order valence-electron chi connectivity index (χ4n) is 1.40. The van der Waals surface area contributed by atoms with Crippen LogP contribution in [0.2, 0.25) is 0 Å². The van der Waals surface area contributed by atoms with E-state index >= 15 is 0 Å². The van der Waals surface area contributed by atoms with Crippen LogP contribution in [0.3, 0.4) is 0 Å². The van der Waals surface area contributed by atoms with E-state index in [4.69, 9.17) is 0 Å². The summed E-state index contributed by atoms with van der Waals surface area (Å²) >= 11 is 0. The number of alkyl halides is 2. The molecule has 0 aliphatic heterocycles. The smallest absolute Gasteiger partial charge is 0.315 e. The first-order chi connectivity index (χ1) is 6.02. The highest BCUT2D eigenvalue weighted by atomic mass is 19.3. The molecule has 13 heavy (non-hydrogen) atoms. The Hall–Kier alpha value is -0.670. The molecule has 0 aliphatic carbocycles. The van der Waals surface area contributed by atoms with Crippen LogP contribution < -0.4 is 5.32 Å². The summed E-state index contributed by atoms with van der Waals surface area (Å²) in [5, 5.41) is 2.29. The summed E-state index contributed by atoms with van der Waals surface area (Å²) in [6, 6.07) is -0.170. The van der Waals surface area contributed by atoms with Crippen molar-refractivity contribution in [3.05, 3.63) is 0 Å². The second-order valence-corrected chi connectivity index (χ2v) is 3.17. The average Bonchev–Trinajstić information content (AvgIpc) is 2.06. The second kappa shape index (κ2) is 5.89. The molecule has 0 saturated heterocycles. The number of carbonyl (C=O) groups is 1. The van der Waals surface area contributed by atoms with Gasteiger partial charge < -0.3 is 5.32 Å². The van der Waals surface area contributed by atoms with Gasteiger partial charge in [0.05, 0.1) is 0 Å². The Bertz CT molecular complexity index is 158. The zero-order chi connectivity index (χ0) is 10.4. The van der Waals surface area contributed by atoms with Gasteiger partial charge in [-0.15, -0.1) is 0 Å². The highest BCUT2D eigenvalue weighted by Gasteiger charge is 2.20. The molecule has 0 aromatic heterocycles. The molecule has 0 rings (SSSR count). The Labute approximate surface area is 77.7 Å². The van der Waals surface area contributed by atoms with Crippen LogP contribution in [0.4, 0.5) is 8.78 Å². The molecular weight excluding hydrogens is 176 g/mol. The molecule has 1 N–H and O–H groups in total. The lowest BCUT2D eigenvalue weighted by Crippen LogP contribution is -2.40. The van der Waals surface area contributed by atoms with Crippen molar-refractivity contribution in [2.75, 3.05) is 0 Å². The maximum Gasteiger partial charge on any atom is 0.315 e. The first-order valence-corrected chi connectivity index (χ1v) is 4.61. The molecule has 1 unspecified atom stereocenters. The summed E-state index contributed by atoms with van der Waals surface area (Å²) in [4.78, 5) is 10.6. The summed E-state index contributed by atoms with van der Waals surface area (Å²) in [6.45, 7) is 5.73. The fraction of sp³-hybridized carbons (Fsp3) is 0.889. The van der Waals surface area contributed by atoms with Gasteiger partial charge in [0, 0.05) is 6.04 Å². The third-order valence-corrected chi connectivity index (χ3v) is 2.32. The highest BCUT2D eigenvalue weighted by molar-refractivity contribution is 5.79. The van der Waals surface area contributed by atoms with Crippen LogP contribution in [-0.2, 0) is 4.79 Å². The van der Waals surface area contributed by atoms with Crippen LogP contribution in [-0.4, -0.2) is 18.4 Å². The monoisotopic (exact) mass is 193 g/mol. The SMILES string of the molecule is CCC(CC)C(C)NC(=O)C(F)F. The third-order valence-electron chi connectivity index (χ3n) is 2.32. The zero-order valence-corrected chi connectivity index (χ0v) is 8.31. The first-order valence-electron chi connectivity index (χ1n) is 4.61. The molecule has 0 saturated carbocycles. The molecule has 1 amide bonds. The van der Waals surface area contributed by atoms with Gasteiger partial charge in [0.15, 0.2) is 0 Å². The Kier molecular flexibility index (Phi) is 5.58. The van der Waals surface area contributed by atoms with Crippen LogP contribution in [0.5, 0.6) is 0 Å². The molecule has 0 heterocycles. The van der Waals surface area contributed by atoms with Crippen molar-refractivity contribution in [2.45, 2.75) is 46.1 Å². The number of halogens is 2. The van der Waals surface area contributed by atoms with E-state index in [-0.39, 0.29) is 12.0 Å². The van der Waals surface area contributed by atoms with Gasteiger partial charge in [-0.25, -0.2) is 0 Å². The number of hydrogen-bond acceptors (Lipinski definition) is 1. The van der Waals surface area contributed by atoms with Gasteiger partial charge in [0.1, 0.15) is 0 Å². The molecule has 0 spiro atoms. The lowest BCUT2D eigenvalue weighted by molar-refractivity contribution is -0.132. The van der Waals surface area contributed by atoms with Crippen LogP contribution >= 0.6 is 0 Å². The minimum absolute atomic E-state index is 0.170. The van der Waals surface area contributed by atoms with Crippen molar-refractivity contribution in [1.29, 1.82) is 0 Å². The molecule has 0 aliphatic rings. The van der Waals surface area contributed by atoms with Crippen LogP contribution in [0, 0.1) is 5.92 Å². The van der Waals surface area contributed by atoms with E-state index in [1.807, 2.05) is 13.8 Å². The van der Waals surface area contributed by atoms with Gasteiger partial charge >= 0.3 is 6.43 Å². The van der Waals surface area contributed by atoms with Crippen LogP contribution in [0.1, 0.15) is 33.6 Å². The summed E-state index contributed by atoms with van der Waals surface area (Å²) in [7, 11) is 0. The molecule has 78 valence electrons. The highest BCUT2D eigenvalue weighted by Crippen LogP contribution is 2.12. The van der Waals surface area contributed by atoms with E-state index in [9.17, 15) is 13.6 Å². The van der Waals surface area contributed by atoms with Gasteiger partial charge in [0.2, 0.25) is 0 Å². The molecule has 0 fully saturated rings. The largest absolute Gasteiger partial charge is 0.348 e. The van der Waals surface area contributed by atoms with Gasteiger partial charge in [0.25, 0.3) is 5.91 Å². The average molecular weight is 193 g/mol. The zero-order valence-electron chi connectivity index (χ0n) is 8.31. The molecule has 0 bridgehead atoms. The van der Waals surface area contributed by atoms with Crippen molar-refractivity contribution in [2.24, 2.45) is 5.92 Å². The lowest BCUT2D eigenvalue weighted by Gasteiger charge is -2.22. The topological polar surface area (TPSA) is 29.1 Å². The number of rotatable bonds is 5. The van der Waals surface area contributed by atoms with Crippen molar-refractivity contribution in [1.82, 2.24) is 5.32 Å². The predicted octanol–water partition coefficient (Wildman–Crippen LogP) is 2.19. The number of amides is 1. The minimum Gasteiger partial charge on any atom is -0.348 e. The van der Waals surface area contributed by atoms with Gasteiger partial charge in [-0.3, -0.25) is 4.79 Å². The maximum atomic E-state index is 11.8. The van der Waals surface area contributed by atoms with Crippen LogP contribution in [0.15, 0.2) is 0 Å². The van der Waals surface area contributed by atoms with Gasteiger partial charge in [-0.2, -0.15) is 8.78 Å². The Balaban J connectivity index is 3.97. The maximum absolute atomic E-state index is 11.8. The first kappa shape index (κ1) is 12.3. The Morgan fingerprint density at radius 1 is 1.31 bits per heavy atom.